The van der Waals surface area contributed by atoms with Gasteiger partial charge in [0.25, 0.3) is 5.79 Å². The van der Waals surface area contributed by atoms with Crippen LogP contribution in [-0.2, 0) is 14.3 Å². The molecule has 0 aromatic rings. The minimum atomic E-state index is -2.10. The Balaban J connectivity index is 3.02. The van der Waals surface area contributed by atoms with Gasteiger partial charge in [0.05, 0.1) is 24.9 Å². The van der Waals surface area contributed by atoms with Gasteiger partial charge in [-0.1, -0.05) is 13.8 Å². The van der Waals surface area contributed by atoms with Gasteiger partial charge in [0.15, 0.2) is 0 Å². The summed E-state index contributed by atoms with van der Waals surface area (Å²) in [6.07, 6.45) is -5.09. The van der Waals surface area contributed by atoms with E-state index in [1.54, 1.807) is 0 Å². The normalized spacial score (nSPS) is 34.9. The molecule has 0 saturated carbocycles. The van der Waals surface area contributed by atoms with Gasteiger partial charge in [0, 0.05) is 7.79 Å². The highest BCUT2D eigenvalue weighted by Crippen LogP contribution is 2.33. The van der Waals surface area contributed by atoms with Gasteiger partial charge in [-0.05, 0) is 26.3 Å². The van der Waals surface area contributed by atoms with E-state index in [-0.39, 0.29) is 13.0 Å². The molecule has 1 aliphatic heterocycles. The maximum atomic E-state index is 11.7. The van der Waals surface area contributed by atoms with E-state index in [1.165, 1.54) is 7.05 Å². The Morgan fingerprint density at radius 1 is 1.52 bits per heavy atom. The zero-order valence-corrected chi connectivity index (χ0v) is 13.8. The van der Waals surface area contributed by atoms with Crippen LogP contribution in [0.1, 0.15) is 35.0 Å². The lowest BCUT2D eigenvalue weighted by molar-refractivity contribution is -0.311. The molecule has 1 aliphatic rings. The summed E-state index contributed by atoms with van der Waals surface area (Å²) in [7, 11) is 1.53. The molecule has 6 atom stereocenters. The van der Waals surface area contributed by atoms with E-state index >= 15 is 0 Å². The molecular weight excluding hydrogens is 306 g/mol. The summed E-state index contributed by atoms with van der Waals surface area (Å²) in [5, 5.41) is 42.5. The molecule has 0 aromatic carbocycles. The number of hydrogen-bond acceptors (Lipinski definition) is 7. The van der Waals surface area contributed by atoms with Gasteiger partial charge in [0.1, 0.15) is 12.2 Å². The summed E-state index contributed by atoms with van der Waals surface area (Å²) < 4.78 is 18.2. The van der Waals surface area contributed by atoms with E-state index in [9.17, 15) is 25.2 Å². The number of likely N-dealkylation sites (N-methyl/N-ethyl adjacent to an activating group) is 1. The van der Waals surface area contributed by atoms with Crippen LogP contribution < -0.4 is 5.32 Å². The second-order valence-electron chi connectivity index (χ2n) is 6.32. The molecule has 8 heteroatoms. The van der Waals surface area contributed by atoms with E-state index in [2.05, 4.69) is 5.32 Å². The van der Waals surface area contributed by atoms with Gasteiger partial charge in [-0.2, -0.15) is 0 Å². The van der Waals surface area contributed by atoms with E-state index < -0.39 is 49.1 Å². The fourth-order valence-electron chi connectivity index (χ4n) is 2.57. The number of aliphatic hydroxyl groups is 3. The number of hydrogen-bond donors (Lipinski definition) is 5. The van der Waals surface area contributed by atoms with Crippen LogP contribution in [0.25, 0.3) is 0 Å². The maximum Gasteiger partial charge on any atom is 0.364 e. The van der Waals surface area contributed by atoms with Crippen molar-refractivity contribution in [1.82, 2.24) is 5.32 Å². The first-order chi connectivity index (χ1) is 11.2. The van der Waals surface area contributed by atoms with Crippen LogP contribution in [0.15, 0.2) is 0 Å². The first kappa shape index (κ1) is 18.6. The minimum absolute atomic E-state index is 0.116. The van der Waals surface area contributed by atoms with Crippen molar-refractivity contribution in [2.24, 2.45) is 5.92 Å². The molecule has 8 nitrogen and oxygen atoms in total. The maximum absolute atomic E-state index is 11.7. The Labute approximate surface area is 137 Å². The molecule has 0 aromatic heterocycles. The number of carbonyl (C=O) groups is 1. The van der Waals surface area contributed by atoms with Crippen molar-refractivity contribution in [2.45, 2.75) is 69.8 Å². The molecule has 5 N–H and O–H groups in total. The highest BCUT2D eigenvalue weighted by molar-refractivity contribution is 5.76. The molecule has 136 valence electrons. The van der Waals surface area contributed by atoms with Gasteiger partial charge < -0.3 is 35.2 Å². The summed E-state index contributed by atoms with van der Waals surface area (Å²) >= 11 is 0. The predicted octanol–water partition coefficient (Wildman–Crippen LogP) is -0.690. The van der Waals surface area contributed by atoms with Crippen LogP contribution in [0.4, 0.5) is 0 Å². The Bertz CT molecular complexity index is 411. The first-order valence-corrected chi connectivity index (χ1v) is 7.74. The zero-order valence-electron chi connectivity index (χ0n) is 14.8. The van der Waals surface area contributed by atoms with E-state index in [4.69, 9.17) is 10.8 Å². The van der Waals surface area contributed by atoms with Crippen LogP contribution in [0, 0.1) is 5.92 Å². The number of carboxylic acids is 1. The van der Waals surface area contributed by atoms with Crippen molar-refractivity contribution < 1.29 is 36.1 Å². The van der Waals surface area contributed by atoms with Crippen LogP contribution >= 0.6 is 0 Å². The third-order valence-electron chi connectivity index (χ3n) is 3.99. The zero-order chi connectivity index (χ0) is 18.5. The quantitative estimate of drug-likeness (QED) is 0.394. The smallest absolute Gasteiger partial charge is 0.364 e. The van der Waals surface area contributed by atoms with Gasteiger partial charge in [-0.15, -0.1) is 0 Å². The SMILES string of the molecule is [2H]CC(O)C(O)C1OC(OCCC(C)C)(C(=O)O)CC(O)C1NC. The standard InChI is InChI=1S/C15H29NO7/c1-8(2)5-6-22-15(14(20)21)7-10(18)11(16-4)13(23-15)12(19)9(3)17/h8-13,16-19H,5-7H2,1-4H3,(H,20,21)/i3D. The van der Waals surface area contributed by atoms with Crippen molar-refractivity contribution in [3.63, 3.8) is 0 Å². The molecular formula is C15H29NO7. The second-order valence-corrected chi connectivity index (χ2v) is 6.32. The fourth-order valence-corrected chi connectivity index (χ4v) is 2.57. The van der Waals surface area contributed by atoms with E-state index in [0.717, 1.165) is 0 Å². The predicted molar refractivity (Wildman–Crippen MR) is 81.8 cm³/mol. The summed E-state index contributed by atoms with van der Waals surface area (Å²) in [4.78, 5) is 11.7. The number of nitrogens with one attached hydrogen (secondary N) is 1. The van der Waals surface area contributed by atoms with Crippen molar-refractivity contribution >= 4 is 5.97 Å². The third-order valence-corrected chi connectivity index (χ3v) is 3.99. The van der Waals surface area contributed by atoms with Gasteiger partial charge in [0.2, 0.25) is 0 Å². The Hall–Kier alpha value is -0.770. The van der Waals surface area contributed by atoms with Gasteiger partial charge in [-0.25, -0.2) is 4.79 Å². The molecule has 23 heavy (non-hydrogen) atoms. The van der Waals surface area contributed by atoms with Crippen molar-refractivity contribution in [3.8, 4) is 0 Å². The first-order valence-electron chi connectivity index (χ1n) is 8.45. The molecule has 0 aliphatic carbocycles. The Morgan fingerprint density at radius 2 is 2.17 bits per heavy atom. The largest absolute Gasteiger partial charge is 0.477 e. The highest BCUT2D eigenvalue weighted by Gasteiger charge is 2.54. The monoisotopic (exact) mass is 336 g/mol. The van der Waals surface area contributed by atoms with Crippen molar-refractivity contribution in [1.29, 1.82) is 0 Å². The Morgan fingerprint density at radius 3 is 2.65 bits per heavy atom. The van der Waals surface area contributed by atoms with Crippen LogP contribution in [0.5, 0.6) is 0 Å². The molecule has 0 bridgehead atoms. The van der Waals surface area contributed by atoms with Crippen LogP contribution in [-0.4, -0.2) is 76.3 Å². The van der Waals surface area contributed by atoms with Gasteiger partial charge in [-0.3, -0.25) is 0 Å². The summed E-state index contributed by atoms with van der Waals surface area (Å²) in [5.74, 6) is -3.21. The molecule has 0 amide bonds. The topological polar surface area (TPSA) is 128 Å². The van der Waals surface area contributed by atoms with Gasteiger partial charge >= 0.3 is 5.97 Å². The minimum Gasteiger partial charge on any atom is -0.477 e. The lowest BCUT2D eigenvalue weighted by Crippen LogP contribution is -2.66. The van der Waals surface area contributed by atoms with E-state index in [1.807, 2.05) is 13.8 Å². The lowest BCUT2D eigenvalue weighted by Gasteiger charge is -2.46. The highest BCUT2D eigenvalue weighted by atomic mass is 16.7. The Kier molecular flexibility index (Phi) is 6.75. The molecule has 1 saturated heterocycles. The number of aliphatic hydroxyl groups excluding tert-OH is 3. The molecule has 1 heterocycles. The van der Waals surface area contributed by atoms with E-state index in [0.29, 0.717) is 12.3 Å². The van der Waals surface area contributed by atoms with Crippen LogP contribution in [0.2, 0.25) is 0 Å². The third kappa shape index (κ3) is 4.85. The molecule has 1 fully saturated rings. The molecule has 1 rings (SSSR count). The fraction of sp³-hybridized carbons (Fsp3) is 0.933. The number of carboxylic acid groups (broad SMARTS) is 1. The average Bonchev–Trinajstić information content (AvgIpc) is 2.52. The number of rotatable bonds is 8. The summed E-state index contributed by atoms with van der Waals surface area (Å²) in [5.41, 5.74) is 0. The lowest BCUT2D eigenvalue weighted by atomic mass is 9.89. The van der Waals surface area contributed by atoms with Crippen molar-refractivity contribution in [2.75, 3.05) is 13.7 Å². The average molecular weight is 336 g/mol. The summed E-state index contributed by atoms with van der Waals surface area (Å²) in [6.45, 7) is 3.55. The molecule has 6 unspecified atom stereocenters. The summed E-state index contributed by atoms with van der Waals surface area (Å²) in [6, 6.07) is -0.803. The van der Waals surface area contributed by atoms with Crippen molar-refractivity contribution in [3.05, 3.63) is 0 Å². The van der Waals surface area contributed by atoms with Crippen LogP contribution in [0.3, 0.4) is 0 Å². The number of aliphatic carboxylic acids is 1. The second kappa shape index (κ2) is 8.36. The molecule has 0 spiro atoms. The molecule has 0 radical (unpaired) electrons. The number of ether oxygens (including phenoxy) is 2.